The fourth-order valence-corrected chi connectivity index (χ4v) is 2.87. The second-order valence-corrected chi connectivity index (χ2v) is 7.04. The Kier molecular flexibility index (Phi) is 6.44. The van der Waals surface area contributed by atoms with Crippen molar-refractivity contribution in [1.82, 2.24) is 5.32 Å². The number of benzene rings is 2. The normalized spacial score (nSPS) is 10.9. The predicted molar refractivity (Wildman–Crippen MR) is 110 cm³/mol. The van der Waals surface area contributed by atoms with Crippen molar-refractivity contribution in [2.45, 2.75) is 26.2 Å². The highest BCUT2D eigenvalue weighted by Gasteiger charge is 2.15. The second kappa shape index (κ2) is 9.19. The zero-order valence-electron chi connectivity index (χ0n) is 16.4. The molecule has 6 heteroatoms. The van der Waals surface area contributed by atoms with Crippen molar-refractivity contribution in [2.24, 2.45) is 0 Å². The Bertz CT molecular complexity index is 1070. The molecule has 6 nitrogen and oxygen atoms in total. The van der Waals surface area contributed by atoms with Gasteiger partial charge in [-0.1, -0.05) is 50.2 Å². The minimum Gasteiger partial charge on any atom is -0.450 e. The third kappa shape index (κ3) is 5.31. The number of nitrogens with one attached hydrogen (secondary N) is 1. The monoisotopic (exact) mass is 393 g/mol. The smallest absolute Gasteiger partial charge is 0.374 e. The van der Waals surface area contributed by atoms with Gasteiger partial charge in [0, 0.05) is 12.6 Å². The van der Waals surface area contributed by atoms with Gasteiger partial charge in [0.15, 0.2) is 12.0 Å². The first-order chi connectivity index (χ1) is 13.9. The molecule has 29 heavy (non-hydrogen) atoms. The largest absolute Gasteiger partial charge is 0.450 e. The molecule has 0 aliphatic heterocycles. The molecule has 1 aromatic heterocycles. The Hall–Kier alpha value is -3.41. The molecular formula is C23H23NO5. The third-order valence-corrected chi connectivity index (χ3v) is 4.55. The fraction of sp³-hybridized carbons (Fsp3) is 0.261. The number of amides is 1. The molecule has 0 unspecified atom stereocenters. The Morgan fingerprint density at radius 1 is 1.07 bits per heavy atom. The lowest BCUT2D eigenvalue weighted by Crippen LogP contribution is -2.30. The fourth-order valence-electron chi connectivity index (χ4n) is 2.87. The summed E-state index contributed by atoms with van der Waals surface area (Å²) in [6.07, 6.45) is 0.678. The van der Waals surface area contributed by atoms with Gasteiger partial charge < -0.3 is 14.5 Å². The third-order valence-electron chi connectivity index (χ3n) is 4.55. The molecule has 0 atom stereocenters. The van der Waals surface area contributed by atoms with Gasteiger partial charge in [-0.3, -0.25) is 9.59 Å². The van der Waals surface area contributed by atoms with E-state index in [2.05, 4.69) is 31.3 Å². The quantitative estimate of drug-likeness (QED) is 0.622. The first-order valence-corrected chi connectivity index (χ1v) is 9.49. The summed E-state index contributed by atoms with van der Waals surface area (Å²) in [6, 6.07) is 15.9. The molecule has 0 aliphatic carbocycles. The van der Waals surface area contributed by atoms with Gasteiger partial charge >= 0.3 is 5.97 Å². The van der Waals surface area contributed by atoms with Gasteiger partial charge in [-0.15, -0.1) is 0 Å². The van der Waals surface area contributed by atoms with Crippen molar-refractivity contribution in [1.29, 1.82) is 0 Å². The van der Waals surface area contributed by atoms with Crippen LogP contribution >= 0.6 is 0 Å². The topological polar surface area (TPSA) is 85.6 Å². The summed E-state index contributed by atoms with van der Waals surface area (Å²) in [5.41, 5.74) is 2.33. The van der Waals surface area contributed by atoms with Crippen LogP contribution in [0.3, 0.4) is 0 Å². The lowest BCUT2D eigenvalue weighted by Gasteiger charge is -2.08. The second-order valence-electron chi connectivity index (χ2n) is 7.04. The highest BCUT2D eigenvalue weighted by Crippen LogP contribution is 2.15. The van der Waals surface area contributed by atoms with E-state index in [9.17, 15) is 14.4 Å². The Morgan fingerprint density at radius 2 is 1.79 bits per heavy atom. The van der Waals surface area contributed by atoms with Crippen LogP contribution < -0.4 is 10.7 Å². The zero-order valence-corrected chi connectivity index (χ0v) is 16.4. The number of hydrogen-bond donors (Lipinski definition) is 1. The Balaban J connectivity index is 1.48. The minimum atomic E-state index is -0.854. The van der Waals surface area contributed by atoms with Crippen molar-refractivity contribution in [3.8, 4) is 0 Å². The molecule has 0 fully saturated rings. The summed E-state index contributed by atoms with van der Waals surface area (Å²) in [6.45, 7) is 4.27. The van der Waals surface area contributed by atoms with Crippen LogP contribution in [0.2, 0.25) is 0 Å². The maximum Gasteiger partial charge on any atom is 0.374 e. The van der Waals surface area contributed by atoms with Gasteiger partial charge in [0.25, 0.3) is 5.91 Å². The van der Waals surface area contributed by atoms with E-state index >= 15 is 0 Å². The number of ether oxygens (including phenoxy) is 1. The van der Waals surface area contributed by atoms with Crippen LogP contribution in [0, 0.1) is 0 Å². The van der Waals surface area contributed by atoms with Gasteiger partial charge in [0.2, 0.25) is 5.76 Å². The van der Waals surface area contributed by atoms with Crippen molar-refractivity contribution >= 4 is 22.8 Å². The van der Waals surface area contributed by atoms with E-state index in [1.807, 2.05) is 12.1 Å². The molecule has 0 radical (unpaired) electrons. The van der Waals surface area contributed by atoms with Gasteiger partial charge in [-0.05, 0) is 35.6 Å². The van der Waals surface area contributed by atoms with Crippen LogP contribution in [-0.2, 0) is 16.0 Å². The lowest BCUT2D eigenvalue weighted by atomic mass is 10.0. The number of rotatable bonds is 7. The number of carbonyl (C=O) groups excluding carboxylic acids is 2. The molecule has 0 bridgehead atoms. The SMILES string of the molecule is CC(C)c1ccc(CCNC(=O)COC(=O)c2cc(=O)c3ccccc3o2)cc1. The van der Waals surface area contributed by atoms with Gasteiger partial charge in [-0.2, -0.15) is 0 Å². The summed E-state index contributed by atoms with van der Waals surface area (Å²) in [5, 5.41) is 3.09. The number of carbonyl (C=O) groups is 2. The molecule has 1 N–H and O–H groups in total. The van der Waals surface area contributed by atoms with Crippen LogP contribution in [0.15, 0.2) is 63.8 Å². The molecule has 2 aromatic carbocycles. The number of para-hydroxylation sites is 1. The molecular weight excluding hydrogens is 370 g/mol. The zero-order chi connectivity index (χ0) is 20.8. The maximum absolute atomic E-state index is 12.1. The van der Waals surface area contributed by atoms with E-state index < -0.39 is 18.5 Å². The molecule has 150 valence electrons. The van der Waals surface area contributed by atoms with Crippen LogP contribution in [0.25, 0.3) is 11.0 Å². The van der Waals surface area contributed by atoms with Crippen molar-refractivity contribution in [3.05, 3.63) is 81.7 Å². The average molecular weight is 393 g/mol. The lowest BCUT2D eigenvalue weighted by molar-refractivity contribution is -0.124. The number of hydrogen-bond acceptors (Lipinski definition) is 5. The maximum atomic E-state index is 12.1. The van der Waals surface area contributed by atoms with Crippen molar-refractivity contribution in [2.75, 3.05) is 13.2 Å². The summed E-state index contributed by atoms with van der Waals surface area (Å²) in [7, 11) is 0. The molecule has 0 spiro atoms. The van der Waals surface area contributed by atoms with Crippen molar-refractivity contribution < 1.29 is 18.7 Å². The first kappa shape index (κ1) is 20.3. The summed E-state index contributed by atoms with van der Waals surface area (Å²) >= 11 is 0. The molecule has 1 heterocycles. The minimum absolute atomic E-state index is 0.230. The van der Waals surface area contributed by atoms with Gasteiger partial charge in [0.1, 0.15) is 5.58 Å². The summed E-state index contributed by atoms with van der Waals surface area (Å²) in [4.78, 5) is 36.0. The van der Waals surface area contributed by atoms with Gasteiger partial charge in [-0.25, -0.2) is 4.79 Å². The molecule has 0 saturated heterocycles. The van der Waals surface area contributed by atoms with E-state index in [-0.39, 0.29) is 11.2 Å². The summed E-state index contributed by atoms with van der Waals surface area (Å²) < 4.78 is 10.4. The van der Waals surface area contributed by atoms with Crippen molar-refractivity contribution in [3.63, 3.8) is 0 Å². The Labute approximate surface area is 168 Å². The molecule has 1 amide bonds. The van der Waals surface area contributed by atoms with E-state index in [0.717, 1.165) is 11.6 Å². The van der Waals surface area contributed by atoms with E-state index in [0.29, 0.717) is 29.9 Å². The van der Waals surface area contributed by atoms with Crippen LogP contribution in [-0.4, -0.2) is 25.0 Å². The summed E-state index contributed by atoms with van der Waals surface area (Å²) in [5.74, 6) is -1.02. The standard InChI is InChI=1S/C23H23NO5/c1-15(2)17-9-7-16(8-10-17)11-12-24-22(26)14-28-23(27)21-13-19(25)18-5-3-4-6-20(18)29-21/h3-10,13,15H,11-12,14H2,1-2H3,(H,24,26). The molecule has 3 rings (SSSR count). The highest BCUT2D eigenvalue weighted by molar-refractivity contribution is 5.90. The number of esters is 1. The average Bonchev–Trinajstić information content (AvgIpc) is 2.72. The van der Waals surface area contributed by atoms with Crippen LogP contribution in [0.4, 0.5) is 0 Å². The van der Waals surface area contributed by atoms with Crippen LogP contribution in [0.5, 0.6) is 0 Å². The number of fused-ring (bicyclic) bond motifs is 1. The van der Waals surface area contributed by atoms with E-state index in [4.69, 9.17) is 9.15 Å². The molecule has 0 saturated carbocycles. The van der Waals surface area contributed by atoms with Crippen LogP contribution in [0.1, 0.15) is 41.4 Å². The predicted octanol–water partition coefficient (Wildman–Crippen LogP) is 3.43. The highest BCUT2D eigenvalue weighted by atomic mass is 16.5. The Morgan fingerprint density at radius 3 is 2.52 bits per heavy atom. The molecule has 0 aliphatic rings. The van der Waals surface area contributed by atoms with E-state index in [1.54, 1.807) is 24.3 Å². The van der Waals surface area contributed by atoms with E-state index in [1.165, 1.54) is 5.56 Å². The molecule has 3 aromatic rings. The van der Waals surface area contributed by atoms with Gasteiger partial charge in [0.05, 0.1) is 5.39 Å². The first-order valence-electron chi connectivity index (χ1n) is 9.49.